The van der Waals surface area contributed by atoms with Gasteiger partial charge in [-0.3, -0.25) is 19.7 Å². The van der Waals surface area contributed by atoms with Crippen molar-refractivity contribution >= 4 is 33.6 Å². The summed E-state index contributed by atoms with van der Waals surface area (Å²) in [6.45, 7) is 5.75. The van der Waals surface area contributed by atoms with Crippen LogP contribution >= 0.6 is 11.8 Å². The van der Waals surface area contributed by atoms with Crippen molar-refractivity contribution in [2.75, 3.05) is 33.2 Å². The van der Waals surface area contributed by atoms with Gasteiger partial charge in [0.2, 0.25) is 0 Å². The molecule has 2 aromatic rings. The number of aromatic nitrogens is 2. The van der Waals surface area contributed by atoms with E-state index in [2.05, 4.69) is 49.4 Å². The summed E-state index contributed by atoms with van der Waals surface area (Å²) in [4.78, 5) is 24.1. The first-order valence-electron chi connectivity index (χ1n) is 8.27. The average molecular weight is 358 g/mol. The molecule has 132 valence electrons. The lowest BCUT2D eigenvalue weighted by molar-refractivity contribution is 0.142. The number of hydrogen-bond donors (Lipinski definition) is 1. The van der Waals surface area contributed by atoms with Crippen molar-refractivity contribution in [3.05, 3.63) is 36.2 Å². The number of rotatable bonds is 4. The Balaban J connectivity index is 1.67. The summed E-state index contributed by atoms with van der Waals surface area (Å²) in [7, 11) is 1.74. The number of carbonyl (C=O) groups excluding carboxylic acids is 1. The molecule has 0 bridgehead atoms. The number of piperazine rings is 1. The van der Waals surface area contributed by atoms with E-state index in [1.165, 1.54) is 5.56 Å². The third kappa shape index (κ3) is 4.08. The molecule has 0 amide bonds. The van der Waals surface area contributed by atoms with E-state index in [0.717, 1.165) is 59.8 Å². The highest BCUT2D eigenvalue weighted by molar-refractivity contribution is 8.24. The van der Waals surface area contributed by atoms with Crippen LogP contribution in [-0.4, -0.2) is 63.8 Å². The Bertz CT molecular complexity index is 760. The molecule has 1 saturated heterocycles. The molecule has 8 heteroatoms. The molecular formula is C17H22N6OS. The summed E-state index contributed by atoms with van der Waals surface area (Å²) in [5, 5.41) is 4.92. The van der Waals surface area contributed by atoms with E-state index in [9.17, 15) is 4.79 Å². The molecule has 1 unspecified atom stereocenters. The molecule has 25 heavy (non-hydrogen) atoms. The van der Waals surface area contributed by atoms with Crippen molar-refractivity contribution in [2.45, 2.75) is 13.0 Å². The van der Waals surface area contributed by atoms with Gasteiger partial charge in [-0.05, 0) is 36.4 Å². The van der Waals surface area contributed by atoms with Gasteiger partial charge >= 0.3 is 0 Å². The minimum atomic E-state index is 0.303. The van der Waals surface area contributed by atoms with E-state index in [4.69, 9.17) is 0 Å². The number of hydrazone groups is 1. The first-order valence-corrected chi connectivity index (χ1v) is 9.15. The predicted octanol–water partition coefficient (Wildman–Crippen LogP) is 1.72. The zero-order valence-electron chi connectivity index (χ0n) is 14.4. The Kier molecular flexibility index (Phi) is 5.83. The van der Waals surface area contributed by atoms with E-state index >= 15 is 0 Å². The molecule has 7 nitrogen and oxygen atoms in total. The van der Waals surface area contributed by atoms with Crippen LogP contribution in [0.2, 0.25) is 0 Å². The number of nitrogens with one attached hydrogen (secondary N) is 1. The van der Waals surface area contributed by atoms with Gasteiger partial charge in [0.25, 0.3) is 0 Å². The third-order valence-electron chi connectivity index (χ3n) is 4.47. The maximum atomic E-state index is 10.8. The van der Waals surface area contributed by atoms with Crippen molar-refractivity contribution in [3.8, 4) is 0 Å². The van der Waals surface area contributed by atoms with Gasteiger partial charge in [-0.25, -0.2) is 0 Å². The average Bonchev–Trinajstić information content (AvgIpc) is 2.67. The fraction of sp³-hybridized carbons (Fsp3) is 0.412. The van der Waals surface area contributed by atoms with Gasteiger partial charge in [0.15, 0.2) is 10.8 Å². The quantitative estimate of drug-likeness (QED) is 0.386. The van der Waals surface area contributed by atoms with Crippen molar-refractivity contribution in [2.24, 2.45) is 5.10 Å². The minimum Gasteiger partial charge on any atom is -0.347 e. The fourth-order valence-corrected chi connectivity index (χ4v) is 3.62. The summed E-state index contributed by atoms with van der Waals surface area (Å²) >= 11 is 1.11. The number of hydrogen-bond acceptors (Lipinski definition) is 7. The van der Waals surface area contributed by atoms with Crippen LogP contribution in [0.5, 0.6) is 0 Å². The molecule has 1 atom stereocenters. The SMILES string of the molecule is CN/N=C(\SC=O)N1CCN(C(C)c2ccc3nccnc3c2)CC1. The summed E-state index contributed by atoms with van der Waals surface area (Å²) in [6, 6.07) is 6.58. The molecule has 0 radical (unpaired) electrons. The summed E-state index contributed by atoms with van der Waals surface area (Å²) in [5.41, 5.74) is 6.68. The highest BCUT2D eigenvalue weighted by atomic mass is 32.2. The first kappa shape index (κ1) is 17.6. The smallest absolute Gasteiger partial charge is 0.190 e. The molecule has 3 rings (SSSR count). The van der Waals surface area contributed by atoms with Crippen LogP contribution < -0.4 is 5.43 Å². The lowest BCUT2D eigenvalue weighted by atomic mass is 10.1. The van der Waals surface area contributed by atoms with E-state index < -0.39 is 0 Å². The molecule has 1 aliphatic rings. The van der Waals surface area contributed by atoms with Crippen LogP contribution in [0.3, 0.4) is 0 Å². The number of nitrogens with zero attached hydrogens (tertiary/aromatic N) is 5. The van der Waals surface area contributed by atoms with E-state index in [-0.39, 0.29) is 0 Å². The number of thioether (sulfide) groups is 1. The van der Waals surface area contributed by atoms with Gasteiger partial charge in [-0.2, -0.15) is 5.10 Å². The highest BCUT2D eigenvalue weighted by Gasteiger charge is 2.24. The first-order chi connectivity index (χ1) is 12.2. The number of benzene rings is 1. The largest absolute Gasteiger partial charge is 0.347 e. The van der Waals surface area contributed by atoms with Gasteiger partial charge < -0.3 is 10.3 Å². The molecule has 1 aromatic heterocycles. The maximum absolute atomic E-state index is 10.8. The molecule has 1 N–H and O–H groups in total. The lowest BCUT2D eigenvalue weighted by Gasteiger charge is -2.38. The van der Waals surface area contributed by atoms with Gasteiger partial charge in [0.1, 0.15) is 0 Å². The highest BCUT2D eigenvalue weighted by Crippen LogP contribution is 2.24. The topological polar surface area (TPSA) is 73.7 Å². The normalized spacial score (nSPS) is 17.5. The van der Waals surface area contributed by atoms with Gasteiger partial charge in [-0.1, -0.05) is 6.07 Å². The monoisotopic (exact) mass is 358 g/mol. The molecule has 0 spiro atoms. The fourth-order valence-electron chi connectivity index (χ4n) is 3.06. The number of carbonyl (C=O) groups is 1. The summed E-state index contributed by atoms with van der Waals surface area (Å²) < 4.78 is 0. The second kappa shape index (κ2) is 8.26. The Labute approximate surface area is 151 Å². The molecule has 0 aliphatic carbocycles. The predicted molar refractivity (Wildman–Crippen MR) is 102 cm³/mol. The van der Waals surface area contributed by atoms with Crippen LogP contribution in [0.4, 0.5) is 0 Å². The van der Waals surface area contributed by atoms with E-state index in [1.807, 2.05) is 6.07 Å². The van der Waals surface area contributed by atoms with Crippen LogP contribution in [0, 0.1) is 0 Å². The molecule has 1 aliphatic heterocycles. The van der Waals surface area contributed by atoms with Crippen LogP contribution in [-0.2, 0) is 4.79 Å². The third-order valence-corrected chi connectivity index (χ3v) is 5.13. The summed E-state index contributed by atoms with van der Waals surface area (Å²) in [6.07, 6.45) is 3.44. The van der Waals surface area contributed by atoms with Crippen LogP contribution in [0.15, 0.2) is 35.7 Å². The zero-order valence-corrected chi connectivity index (χ0v) is 15.2. The van der Waals surface area contributed by atoms with Crippen LogP contribution in [0.25, 0.3) is 11.0 Å². The Morgan fingerprint density at radius 2 is 1.96 bits per heavy atom. The Hall–Kier alpha value is -2.19. The number of amidine groups is 1. The zero-order chi connectivity index (χ0) is 17.6. The Morgan fingerprint density at radius 3 is 2.64 bits per heavy atom. The molecule has 1 fully saturated rings. The standard InChI is InChI=1S/C17H22N6OS/c1-13(14-3-4-15-16(11-14)20-6-5-19-15)22-7-9-23(10-8-22)17(21-18-2)25-12-24/h3-6,11-13,18H,7-10H2,1-2H3/b21-17-. The second-order valence-corrected chi connectivity index (χ2v) is 6.63. The molecule has 2 heterocycles. The van der Waals surface area contributed by atoms with Gasteiger partial charge in [-0.15, -0.1) is 0 Å². The van der Waals surface area contributed by atoms with Crippen molar-refractivity contribution in [1.29, 1.82) is 0 Å². The van der Waals surface area contributed by atoms with Crippen molar-refractivity contribution < 1.29 is 4.79 Å². The van der Waals surface area contributed by atoms with Gasteiger partial charge in [0, 0.05) is 51.7 Å². The molecule has 1 aromatic carbocycles. The maximum Gasteiger partial charge on any atom is 0.190 e. The molecular weight excluding hydrogens is 336 g/mol. The van der Waals surface area contributed by atoms with E-state index in [0.29, 0.717) is 6.04 Å². The minimum absolute atomic E-state index is 0.303. The second-order valence-electron chi connectivity index (χ2n) is 5.84. The van der Waals surface area contributed by atoms with Crippen LogP contribution in [0.1, 0.15) is 18.5 Å². The van der Waals surface area contributed by atoms with Crippen molar-refractivity contribution in [3.63, 3.8) is 0 Å². The Morgan fingerprint density at radius 1 is 1.24 bits per heavy atom. The number of fused-ring (bicyclic) bond motifs is 1. The molecule has 0 saturated carbocycles. The lowest BCUT2D eigenvalue weighted by Crippen LogP contribution is -2.48. The van der Waals surface area contributed by atoms with Crippen molar-refractivity contribution in [1.82, 2.24) is 25.2 Å². The van der Waals surface area contributed by atoms with E-state index in [1.54, 1.807) is 19.4 Å². The summed E-state index contributed by atoms with van der Waals surface area (Å²) in [5.74, 6) is 0. The van der Waals surface area contributed by atoms with Gasteiger partial charge in [0.05, 0.1) is 11.0 Å².